The maximum Gasteiger partial charge on any atom is 0.238 e. The minimum atomic E-state index is -0.287. The van der Waals surface area contributed by atoms with Gasteiger partial charge in [-0.3, -0.25) is 4.57 Å². The maximum atomic E-state index is 5.18. The summed E-state index contributed by atoms with van der Waals surface area (Å²) in [6, 6.07) is 47.1. The molecule has 5 nitrogen and oxygen atoms in total. The van der Waals surface area contributed by atoms with Crippen LogP contribution in [0.4, 0.5) is 0 Å². The van der Waals surface area contributed by atoms with Gasteiger partial charge >= 0.3 is 0 Å². The van der Waals surface area contributed by atoms with Gasteiger partial charge in [0.05, 0.1) is 11.0 Å². The van der Waals surface area contributed by atoms with Gasteiger partial charge in [-0.05, 0) is 46.5 Å². The molecule has 0 bridgehead atoms. The van der Waals surface area contributed by atoms with Crippen LogP contribution >= 0.6 is 0 Å². The van der Waals surface area contributed by atoms with E-state index in [0.29, 0.717) is 17.6 Å². The van der Waals surface area contributed by atoms with Crippen molar-refractivity contribution in [2.24, 2.45) is 0 Å². The number of fused-ring (bicyclic) bond motifs is 10. The summed E-state index contributed by atoms with van der Waals surface area (Å²) in [6.07, 6.45) is 0. The molecule has 0 spiro atoms. The molecule has 9 aromatic rings. The fourth-order valence-electron chi connectivity index (χ4n) is 8.72. The first-order valence-electron chi connectivity index (χ1n) is 17.3. The monoisotopic (exact) mass is 645 g/mol. The summed E-state index contributed by atoms with van der Waals surface area (Å²) < 4.78 is 2.24. The molecule has 50 heavy (non-hydrogen) atoms. The van der Waals surface area contributed by atoms with Gasteiger partial charge in [0, 0.05) is 54.5 Å². The number of nitrogens with zero attached hydrogens (tertiary/aromatic N) is 4. The van der Waals surface area contributed by atoms with Crippen molar-refractivity contribution in [2.75, 3.05) is 0 Å². The molecule has 0 radical (unpaired) electrons. The van der Waals surface area contributed by atoms with Crippen molar-refractivity contribution in [3.8, 4) is 28.7 Å². The van der Waals surface area contributed by atoms with E-state index in [1.54, 1.807) is 0 Å². The van der Waals surface area contributed by atoms with Crippen molar-refractivity contribution in [3.05, 3.63) is 156 Å². The molecule has 0 amide bonds. The van der Waals surface area contributed by atoms with E-state index in [9.17, 15) is 0 Å². The van der Waals surface area contributed by atoms with Gasteiger partial charge in [-0.1, -0.05) is 137 Å². The first kappa shape index (κ1) is 28.9. The van der Waals surface area contributed by atoms with Crippen molar-refractivity contribution >= 4 is 43.6 Å². The lowest BCUT2D eigenvalue weighted by Crippen LogP contribution is -2.37. The summed E-state index contributed by atoms with van der Waals surface area (Å²) >= 11 is 0. The van der Waals surface area contributed by atoms with E-state index in [4.69, 9.17) is 15.0 Å². The predicted octanol–water partition coefficient (Wildman–Crippen LogP) is 10.9. The topological polar surface area (TPSA) is 59.4 Å². The van der Waals surface area contributed by atoms with Crippen LogP contribution in [-0.2, 0) is 10.8 Å². The number of hydrogen-bond acceptors (Lipinski definition) is 3. The summed E-state index contributed by atoms with van der Waals surface area (Å²) in [5.74, 6) is 1.91. The van der Waals surface area contributed by atoms with Crippen molar-refractivity contribution in [2.45, 2.75) is 38.5 Å². The highest BCUT2D eigenvalue weighted by atomic mass is 15.2. The van der Waals surface area contributed by atoms with Crippen LogP contribution in [0.5, 0.6) is 0 Å². The van der Waals surface area contributed by atoms with E-state index in [0.717, 1.165) is 22.2 Å². The Morgan fingerprint density at radius 1 is 0.460 bits per heavy atom. The Balaban J connectivity index is 1.29. The zero-order valence-corrected chi connectivity index (χ0v) is 28.5. The smallest absolute Gasteiger partial charge is 0.238 e. The highest BCUT2D eigenvalue weighted by molar-refractivity contribution is 6.14. The Morgan fingerprint density at radius 2 is 1.00 bits per heavy atom. The lowest BCUT2D eigenvalue weighted by molar-refractivity contribution is 0.529. The van der Waals surface area contributed by atoms with Crippen LogP contribution in [0.25, 0.3) is 72.3 Å². The summed E-state index contributed by atoms with van der Waals surface area (Å²) in [7, 11) is 0. The van der Waals surface area contributed by atoms with Crippen molar-refractivity contribution in [1.82, 2.24) is 24.5 Å². The van der Waals surface area contributed by atoms with Crippen molar-refractivity contribution in [1.29, 1.82) is 0 Å². The van der Waals surface area contributed by atoms with E-state index in [2.05, 4.69) is 134 Å². The van der Waals surface area contributed by atoms with Crippen molar-refractivity contribution in [3.63, 3.8) is 0 Å². The number of aromatic nitrogens is 5. The molecule has 0 saturated carbocycles. The largest absolute Gasteiger partial charge is 0.355 e. The molecule has 0 unspecified atom stereocenters. The van der Waals surface area contributed by atoms with Gasteiger partial charge in [0.1, 0.15) is 0 Å². The third kappa shape index (κ3) is 3.92. The molecule has 0 atom stereocenters. The Kier molecular flexibility index (Phi) is 5.91. The summed E-state index contributed by atoms with van der Waals surface area (Å²) in [5.41, 5.74) is 11.4. The van der Waals surface area contributed by atoms with Crippen LogP contribution in [0.3, 0.4) is 0 Å². The lowest BCUT2D eigenvalue weighted by atomic mass is 9.58. The van der Waals surface area contributed by atoms with Crippen LogP contribution < -0.4 is 0 Å². The number of aromatic amines is 1. The van der Waals surface area contributed by atoms with E-state index < -0.39 is 0 Å². The maximum absolute atomic E-state index is 5.18. The standard InChI is InChI=1S/C45H35N5/c1-44(2)32-24-26-36-38(40(32)45(3,4)31-23-25-34-37(39(31)44)29-19-11-13-21-33(29)46-34)30-20-12-14-22-35(30)50(36)43-48-41(27-15-7-5-8-16-27)47-42(49-43)28-17-9-6-10-18-28/h5-26,46H,1-4H3. The second-order valence-corrected chi connectivity index (χ2v) is 14.6. The number of benzene rings is 6. The molecule has 3 aromatic heterocycles. The molecular weight excluding hydrogens is 611 g/mol. The van der Waals surface area contributed by atoms with Gasteiger partial charge in [-0.2, -0.15) is 9.97 Å². The minimum Gasteiger partial charge on any atom is -0.355 e. The molecule has 1 N–H and O–H groups in total. The molecule has 5 heteroatoms. The van der Waals surface area contributed by atoms with Crippen LogP contribution in [0.2, 0.25) is 0 Å². The Hall–Kier alpha value is -6.07. The highest BCUT2D eigenvalue weighted by Crippen LogP contribution is 2.55. The molecule has 0 saturated heterocycles. The second-order valence-electron chi connectivity index (χ2n) is 14.6. The molecule has 240 valence electrons. The number of hydrogen-bond donors (Lipinski definition) is 1. The first-order valence-corrected chi connectivity index (χ1v) is 17.3. The molecule has 0 aliphatic heterocycles. The Bertz CT molecular complexity index is 2750. The average molecular weight is 646 g/mol. The number of H-pyrrole nitrogens is 1. The molecule has 10 rings (SSSR count). The van der Waals surface area contributed by atoms with Gasteiger partial charge in [-0.25, -0.2) is 4.98 Å². The quantitative estimate of drug-likeness (QED) is 0.208. The van der Waals surface area contributed by atoms with Crippen LogP contribution in [-0.4, -0.2) is 24.5 Å². The number of nitrogens with one attached hydrogen (secondary N) is 1. The zero-order chi connectivity index (χ0) is 33.8. The molecular formula is C45H35N5. The molecule has 0 fully saturated rings. The molecule has 3 heterocycles. The lowest BCUT2D eigenvalue weighted by Gasteiger charge is -2.44. The van der Waals surface area contributed by atoms with Crippen LogP contribution in [0, 0.1) is 0 Å². The first-order chi connectivity index (χ1) is 24.3. The van der Waals surface area contributed by atoms with Gasteiger partial charge in [0.2, 0.25) is 5.95 Å². The SMILES string of the molecule is CC1(C)c2ccc3c(c2C(C)(C)c2ccc4[nH]c5ccccc5c4c21)c1ccccc1n3-c1nc(-c2ccccc2)nc(-c2ccccc2)n1. The third-order valence-corrected chi connectivity index (χ3v) is 11.0. The van der Waals surface area contributed by atoms with Gasteiger partial charge in [0.25, 0.3) is 0 Å². The fraction of sp³-hybridized carbons (Fsp3) is 0.133. The van der Waals surface area contributed by atoms with Crippen molar-refractivity contribution < 1.29 is 0 Å². The minimum absolute atomic E-state index is 0.254. The van der Waals surface area contributed by atoms with Gasteiger partial charge in [0.15, 0.2) is 11.6 Å². The second kappa shape index (κ2) is 10.2. The number of para-hydroxylation sites is 2. The van der Waals surface area contributed by atoms with Gasteiger partial charge in [-0.15, -0.1) is 0 Å². The zero-order valence-electron chi connectivity index (χ0n) is 28.5. The summed E-state index contributed by atoms with van der Waals surface area (Å²) in [4.78, 5) is 19.0. The third-order valence-electron chi connectivity index (χ3n) is 11.0. The van der Waals surface area contributed by atoms with E-state index in [1.807, 2.05) is 36.4 Å². The fourth-order valence-corrected chi connectivity index (χ4v) is 8.72. The van der Waals surface area contributed by atoms with Gasteiger partial charge < -0.3 is 4.98 Å². The predicted molar refractivity (Wildman–Crippen MR) is 205 cm³/mol. The summed E-state index contributed by atoms with van der Waals surface area (Å²) in [6.45, 7) is 9.60. The summed E-state index contributed by atoms with van der Waals surface area (Å²) in [5, 5.41) is 5.06. The molecule has 1 aliphatic rings. The molecule has 6 aromatic carbocycles. The van der Waals surface area contributed by atoms with E-state index >= 15 is 0 Å². The Morgan fingerprint density at radius 3 is 1.66 bits per heavy atom. The molecule has 1 aliphatic carbocycles. The van der Waals surface area contributed by atoms with E-state index in [1.165, 1.54) is 54.8 Å². The van der Waals surface area contributed by atoms with Crippen LogP contribution in [0.1, 0.15) is 49.9 Å². The average Bonchev–Trinajstić information content (AvgIpc) is 3.70. The Labute approximate surface area is 290 Å². The van der Waals surface area contributed by atoms with E-state index in [-0.39, 0.29) is 10.8 Å². The van der Waals surface area contributed by atoms with Crippen LogP contribution in [0.15, 0.2) is 133 Å². The highest BCUT2D eigenvalue weighted by Gasteiger charge is 2.44. The number of rotatable bonds is 3. The normalized spacial score (nSPS) is 14.7.